The summed E-state index contributed by atoms with van der Waals surface area (Å²) in [4.78, 5) is 16.6. The molecule has 136 valence electrons. The third-order valence-corrected chi connectivity index (χ3v) is 4.27. The van der Waals surface area contributed by atoms with Crippen molar-refractivity contribution in [3.63, 3.8) is 0 Å². The Morgan fingerprint density at radius 2 is 1.96 bits per heavy atom. The maximum atomic E-state index is 12.2. The lowest BCUT2D eigenvalue weighted by Gasteiger charge is -2.15. The van der Waals surface area contributed by atoms with Gasteiger partial charge >= 0.3 is 5.97 Å². The van der Waals surface area contributed by atoms with Crippen LogP contribution in [0.25, 0.3) is 11.3 Å². The molecule has 0 saturated heterocycles. The number of aromatic nitrogens is 1. The highest BCUT2D eigenvalue weighted by Crippen LogP contribution is 2.25. The molecule has 0 aliphatic carbocycles. The van der Waals surface area contributed by atoms with Crippen LogP contribution in [0.4, 0.5) is 0 Å². The molecular formula is C20H23N3O2S. The van der Waals surface area contributed by atoms with Crippen molar-refractivity contribution in [3.05, 3.63) is 65.4 Å². The van der Waals surface area contributed by atoms with Crippen LogP contribution in [0.2, 0.25) is 0 Å². The number of hydrogen-bond acceptors (Lipinski definition) is 6. The molecule has 0 aliphatic rings. The Kier molecular flexibility index (Phi) is 6.71. The van der Waals surface area contributed by atoms with Gasteiger partial charge in [0.2, 0.25) is 0 Å². The fourth-order valence-corrected chi connectivity index (χ4v) is 2.74. The van der Waals surface area contributed by atoms with E-state index in [1.807, 2.05) is 39.0 Å². The number of carbonyl (C=O) groups excluding carboxylic acids is 1. The standard InChI is InChI=1S/C20H23N3O2S/c1-12(2)14(4)19(23-26-21)16-8-15(9-17(10-16)20(24)25-5)18-7-6-13(3)11-22-18/h6-12H,4,21H2,1-3,5H3. The van der Waals surface area contributed by atoms with Gasteiger partial charge in [-0.25, -0.2) is 4.79 Å². The monoisotopic (exact) mass is 369 g/mol. The summed E-state index contributed by atoms with van der Waals surface area (Å²) < 4.78 is 9.23. The number of carbonyl (C=O) groups is 1. The molecule has 0 unspecified atom stereocenters. The number of allylic oxidation sites excluding steroid dienone is 1. The van der Waals surface area contributed by atoms with E-state index in [0.717, 1.165) is 40.1 Å². The van der Waals surface area contributed by atoms with Crippen molar-refractivity contribution in [2.45, 2.75) is 20.8 Å². The molecule has 0 bridgehead atoms. The zero-order valence-corrected chi connectivity index (χ0v) is 16.3. The van der Waals surface area contributed by atoms with Gasteiger partial charge in [0.25, 0.3) is 0 Å². The first kappa shape index (κ1) is 19.9. The van der Waals surface area contributed by atoms with E-state index in [-0.39, 0.29) is 5.92 Å². The molecule has 26 heavy (non-hydrogen) atoms. The van der Waals surface area contributed by atoms with Crippen LogP contribution in [0, 0.1) is 12.8 Å². The van der Waals surface area contributed by atoms with Gasteiger partial charge in [-0.05, 0) is 48.2 Å². The Morgan fingerprint density at radius 3 is 2.50 bits per heavy atom. The van der Waals surface area contributed by atoms with Crippen molar-refractivity contribution in [2.24, 2.45) is 15.5 Å². The van der Waals surface area contributed by atoms with Crippen LogP contribution >= 0.6 is 12.1 Å². The first-order valence-electron chi connectivity index (χ1n) is 8.17. The molecule has 2 N–H and O–H groups in total. The van der Waals surface area contributed by atoms with E-state index in [1.54, 1.807) is 18.3 Å². The van der Waals surface area contributed by atoms with Crippen LogP contribution in [0.1, 0.15) is 35.3 Å². The highest BCUT2D eigenvalue weighted by Gasteiger charge is 2.17. The van der Waals surface area contributed by atoms with Crippen molar-refractivity contribution in [1.29, 1.82) is 0 Å². The summed E-state index contributed by atoms with van der Waals surface area (Å²) in [6, 6.07) is 9.34. The number of pyridine rings is 1. The smallest absolute Gasteiger partial charge is 0.337 e. The lowest BCUT2D eigenvalue weighted by Crippen LogP contribution is -2.11. The summed E-state index contributed by atoms with van der Waals surface area (Å²) in [5.74, 6) is -0.237. The SMILES string of the molecule is C=C(C(=NSN)c1cc(C(=O)OC)cc(-c2ccc(C)cn2)c1)C(C)C. The van der Waals surface area contributed by atoms with Crippen molar-refractivity contribution < 1.29 is 9.53 Å². The molecule has 6 heteroatoms. The zero-order chi connectivity index (χ0) is 19.3. The molecule has 1 aromatic heterocycles. The van der Waals surface area contributed by atoms with E-state index in [9.17, 15) is 4.79 Å². The predicted octanol–water partition coefficient (Wildman–Crippen LogP) is 4.37. The topological polar surface area (TPSA) is 77.6 Å². The van der Waals surface area contributed by atoms with Gasteiger partial charge < -0.3 is 4.74 Å². The van der Waals surface area contributed by atoms with E-state index >= 15 is 0 Å². The Labute approximate surface area is 158 Å². The molecular weight excluding hydrogens is 346 g/mol. The second-order valence-electron chi connectivity index (χ2n) is 6.24. The first-order chi connectivity index (χ1) is 12.4. The quantitative estimate of drug-likeness (QED) is 0.465. The molecule has 2 aromatic rings. The number of nitrogens with two attached hydrogens (primary N) is 1. The third-order valence-electron chi connectivity index (χ3n) is 3.98. The number of methoxy groups -OCH3 is 1. The van der Waals surface area contributed by atoms with Crippen molar-refractivity contribution in [2.75, 3.05) is 7.11 Å². The number of hydrogen-bond donors (Lipinski definition) is 1. The minimum Gasteiger partial charge on any atom is -0.465 e. The molecule has 1 heterocycles. The summed E-state index contributed by atoms with van der Waals surface area (Å²) in [7, 11) is 1.36. The van der Waals surface area contributed by atoms with Crippen LogP contribution in [0.15, 0.2) is 53.1 Å². The van der Waals surface area contributed by atoms with E-state index in [2.05, 4.69) is 16.0 Å². The average Bonchev–Trinajstić information content (AvgIpc) is 2.65. The highest BCUT2D eigenvalue weighted by molar-refractivity contribution is 7.95. The van der Waals surface area contributed by atoms with Gasteiger partial charge in [-0.15, -0.1) is 0 Å². The van der Waals surface area contributed by atoms with Gasteiger partial charge in [0, 0.05) is 17.3 Å². The number of esters is 1. The fraction of sp³-hybridized carbons (Fsp3) is 0.250. The molecule has 0 spiro atoms. The minimum absolute atomic E-state index is 0.184. The van der Waals surface area contributed by atoms with Gasteiger partial charge in [0.05, 0.1) is 36.2 Å². The maximum Gasteiger partial charge on any atom is 0.337 e. The summed E-state index contributed by atoms with van der Waals surface area (Å²) in [6.45, 7) is 10.2. The molecule has 0 amide bonds. The normalized spacial score (nSPS) is 11.5. The van der Waals surface area contributed by atoms with Crippen molar-refractivity contribution >= 4 is 23.8 Å². The predicted molar refractivity (Wildman–Crippen MR) is 108 cm³/mol. The molecule has 1 aromatic carbocycles. The van der Waals surface area contributed by atoms with E-state index in [4.69, 9.17) is 9.88 Å². The fourth-order valence-electron chi connectivity index (χ4n) is 2.41. The van der Waals surface area contributed by atoms with Crippen LogP contribution in [-0.2, 0) is 4.74 Å². The molecule has 0 saturated carbocycles. The summed E-state index contributed by atoms with van der Waals surface area (Å²) in [5, 5.41) is 5.58. The van der Waals surface area contributed by atoms with Crippen LogP contribution in [-0.4, -0.2) is 23.8 Å². The van der Waals surface area contributed by atoms with E-state index < -0.39 is 5.97 Å². The lowest BCUT2D eigenvalue weighted by molar-refractivity contribution is 0.0601. The zero-order valence-electron chi connectivity index (χ0n) is 15.4. The minimum atomic E-state index is -0.421. The van der Waals surface area contributed by atoms with E-state index in [1.165, 1.54) is 7.11 Å². The molecule has 2 rings (SSSR count). The van der Waals surface area contributed by atoms with Gasteiger partial charge in [-0.3, -0.25) is 10.1 Å². The van der Waals surface area contributed by atoms with Crippen molar-refractivity contribution in [1.82, 2.24) is 4.98 Å². The molecule has 0 radical (unpaired) electrons. The third kappa shape index (κ3) is 4.59. The van der Waals surface area contributed by atoms with Gasteiger partial charge in [0.15, 0.2) is 0 Å². The molecule has 0 atom stereocenters. The highest BCUT2D eigenvalue weighted by atomic mass is 32.2. The number of rotatable bonds is 6. The largest absolute Gasteiger partial charge is 0.465 e. The number of benzene rings is 1. The maximum absolute atomic E-state index is 12.2. The first-order valence-corrected chi connectivity index (χ1v) is 9.01. The van der Waals surface area contributed by atoms with Gasteiger partial charge in [0.1, 0.15) is 0 Å². The Morgan fingerprint density at radius 1 is 1.27 bits per heavy atom. The van der Waals surface area contributed by atoms with Crippen LogP contribution < -0.4 is 5.14 Å². The second kappa shape index (κ2) is 8.78. The van der Waals surface area contributed by atoms with E-state index in [0.29, 0.717) is 11.3 Å². The van der Waals surface area contributed by atoms with Crippen LogP contribution in [0.5, 0.6) is 0 Å². The summed E-state index contributed by atoms with van der Waals surface area (Å²) in [6.07, 6.45) is 1.79. The summed E-state index contributed by atoms with van der Waals surface area (Å²) >= 11 is 0.869. The lowest BCUT2D eigenvalue weighted by atomic mass is 9.92. The van der Waals surface area contributed by atoms with Gasteiger partial charge in [-0.2, -0.15) is 4.40 Å². The van der Waals surface area contributed by atoms with Crippen molar-refractivity contribution in [3.8, 4) is 11.3 Å². The number of ether oxygens (including phenoxy) is 1. The van der Waals surface area contributed by atoms with Gasteiger partial charge in [-0.1, -0.05) is 26.5 Å². The number of aryl methyl sites for hydroxylation is 1. The number of nitrogens with zero attached hydrogens (tertiary/aromatic N) is 2. The average molecular weight is 369 g/mol. The summed E-state index contributed by atoms with van der Waals surface area (Å²) in [5.41, 5.74) is 5.30. The second-order valence-corrected chi connectivity index (χ2v) is 6.63. The van der Waals surface area contributed by atoms with Crippen LogP contribution in [0.3, 0.4) is 0 Å². The Balaban J connectivity index is 2.66. The molecule has 0 fully saturated rings. The molecule has 5 nitrogen and oxygen atoms in total. The molecule has 0 aliphatic heterocycles. The Bertz CT molecular complexity index is 843. The Hall–Kier alpha value is -2.44.